The molecule has 110 valence electrons. The number of nitrogens with one attached hydrogen (secondary N) is 1. The minimum absolute atomic E-state index is 0.292. The van der Waals surface area contributed by atoms with Gasteiger partial charge in [-0.3, -0.25) is 4.79 Å². The lowest BCUT2D eigenvalue weighted by Crippen LogP contribution is -2.49. The number of benzene rings is 2. The van der Waals surface area contributed by atoms with E-state index in [0.29, 0.717) is 12.1 Å². The normalized spacial score (nSPS) is 13.5. The molecule has 0 aliphatic rings. The van der Waals surface area contributed by atoms with E-state index in [1.807, 2.05) is 0 Å². The zero-order chi connectivity index (χ0) is 15.5. The second kappa shape index (κ2) is 5.91. The summed E-state index contributed by atoms with van der Waals surface area (Å²) in [6.07, 6.45) is 0.292. The maximum atomic E-state index is 12.9. The fourth-order valence-electron chi connectivity index (χ4n) is 2.06. The van der Waals surface area contributed by atoms with Crippen molar-refractivity contribution in [1.29, 1.82) is 0 Å². The van der Waals surface area contributed by atoms with Crippen LogP contribution in [0.15, 0.2) is 48.5 Å². The highest BCUT2D eigenvalue weighted by atomic mass is 19.1. The highest BCUT2D eigenvalue weighted by molar-refractivity contribution is 5.87. The zero-order valence-corrected chi connectivity index (χ0v) is 11.6. The molecular weight excluding hydrogens is 274 g/mol. The molecule has 0 spiro atoms. The summed E-state index contributed by atoms with van der Waals surface area (Å²) in [5.41, 5.74) is 5.77. The highest BCUT2D eigenvalue weighted by Crippen LogP contribution is 2.20. The van der Waals surface area contributed by atoms with E-state index in [1.165, 1.54) is 36.4 Å². The molecule has 1 unspecified atom stereocenters. The number of nitrogens with two attached hydrogens (primary N) is 1. The van der Waals surface area contributed by atoms with Crippen LogP contribution in [-0.4, -0.2) is 11.4 Å². The minimum Gasteiger partial charge on any atom is -0.371 e. The van der Waals surface area contributed by atoms with Gasteiger partial charge in [-0.15, -0.1) is 0 Å². The summed E-state index contributed by atoms with van der Waals surface area (Å²) in [4.78, 5) is 11.8. The van der Waals surface area contributed by atoms with Crippen molar-refractivity contribution in [3.8, 4) is 0 Å². The molecule has 0 aromatic heterocycles. The van der Waals surface area contributed by atoms with Crippen LogP contribution in [0.2, 0.25) is 0 Å². The molecule has 21 heavy (non-hydrogen) atoms. The molecule has 2 aromatic carbocycles. The van der Waals surface area contributed by atoms with Gasteiger partial charge in [-0.25, -0.2) is 8.78 Å². The Hall–Kier alpha value is -2.43. The van der Waals surface area contributed by atoms with Gasteiger partial charge in [0.15, 0.2) is 0 Å². The van der Waals surface area contributed by atoms with Crippen molar-refractivity contribution in [3.63, 3.8) is 0 Å². The van der Waals surface area contributed by atoms with Crippen LogP contribution in [0.5, 0.6) is 0 Å². The SMILES string of the molecule is CC(Cc1ccc(F)cc1)(Nc1ccc(F)cc1)C(N)=O. The van der Waals surface area contributed by atoms with Crippen LogP contribution in [0.25, 0.3) is 0 Å². The molecule has 0 aliphatic carbocycles. The van der Waals surface area contributed by atoms with Gasteiger partial charge in [-0.05, 0) is 48.9 Å². The molecule has 1 atom stereocenters. The molecule has 2 rings (SSSR count). The third-order valence-corrected chi connectivity index (χ3v) is 3.28. The molecule has 0 saturated heterocycles. The first-order valence-corrected chi connectivity index (χ1v) is 6.47. The van der Waals surface area contributed by atoms with Gasteiger partial charge in [0.05, 0.1) is 0 Å². The lowest BCUT2D eigenvalue weighted by atomic mass is 9.91. The van der Waals surface area contributed by atoms with Crippen molar-refractivity contribution < 1.29 is 13.6 Å². The number of carbonyl (C=O) groups excluding carboxylic acids is 1. The Kier molecular flexibility index (Phi) is 4.21. The first-order chi connectivity index (χ1) is 9.89. The summed E-state index contributed by atoms with van der Waals surface area (Å²) in [6.45, 7) is 1.65. The molecule has 5 heteroatoms. The fraction of sp³-hybridized carbons (Fsp3) is 0.188. The molecule has 0 saturated carbocycles. The Morgan fingerprint density at radius 2 is 1.52 bits per heavy atom. The van der Waals surface area contributed by atoms with Crippen molar-refractivity contribution >= 4 is 11.6 Å². The molecular formula is C16H16F2N2O. The molecule has 0 aliphatic heterocycles. The Morgan fingerprint density at radius 3 is 2.00 bits per heavy atom. The average molecular weight is 290 g/mol. The van der Waals surface area contributed by atoms with Crippen LogP contribution in [0.1, 0.15) is 12.5 Å². The minimum atomic E-state index is -1.06. The number of hydrogen-bond donors (Lipinski definition) is 2. The standard InChI is InChI=1S/C16H16F2N2O/c1-16(15(19)21,10-11-2-4-12(17)5-3-11)20-14-8-6-13(18)7-9-14/h2-9,20H,10H2,1H3,(H2,19,21). The van der Waals surface area contributed by atoms with Crippen LogP contribution < -0.4 is 11.1 Å². The van der Waals surface area contributed by atoms with Crippen molar-refractivity contribution in [1.82, 2.24) is 0 Å². The molecule has 0 heterocycles. The molecule has 3 nitrogen and oxygen atoms in total. The summed E-state index contributed by atoms with van der Waals surface area (Å²) < 4.78 is 25.8. The molecule has 0 bridgehead atoms. The first-order valence-electron chi connectivity index (χ1n) is 6.47. The number of carbonyl (C=O) groups is 1. The number of anilines is 1. The number of amides is 1. The van der Waals surface area contributed by atoms with E-state index in [4.69, 9.17) is 5.73 Å². The molecule has 1 amide bonds. The Balaban J connectivity index is 2.21. The second-order valence-corrected chi connectivity index (χ2v) is 5.13. The summed E-state index contributed by atoms with van der Waals surface area (Å²) in [7, 11) is 0. The first kappa shape index (κ1) is 15.0. The largest absolute Gasteiger partial charge is 0.371 e. The van der Waals surface area contributed by atoms with Crippen molar-refractivity contribution in [2.45, 2.75) is 18.9 Å². The number of primary amides is 1. The molecule has 0 fully saturated rings. The van der Waals surface area contributed by atoms with Gasteiger partial charge < -0.3 is 11.1 Å². The smallest absolute Gasteiger partial charge is 0.243 e. The summed E-state index contributed by atoms with van der Waals surface area (Å²) in [5, 5.41) is 3.01. The topological polar surface area (TPSA) is 55.1 Å². The van der Waals surface area contributed by atoms with E-state index in [0.717, 1.165) is 5.56 Å². The Morgan fingerprint density at radius 1 is 1.05 bits per heavy atom. The lowest BCUT2D eigenvalue weighted by molar-refractivity contribution is -0.121. The van der Waals surface area contributed by atoms with Gasteiger partial charge in [0.25, 0.3) is 0 Å². The van der Waals surface area contributed by atoms with Crippen LogP contribution in [0.3, 0.4) is 0 Å². The van der Waals surface area contributed by atoms with E-state index >= 15 is 0 Å². The quantitative estimate of drug-likeness (QED) is 0.889. The van der Waals surface area contributed by atoms with E-state index in [-0.39, 0.29) is 11.6 Å². The summed E-state index contributed by atoms with van der Waals surface area (Å²) in [6, 6.07) is 11.5. The van der Waals surface area contributed by atoms with Gasteiger partial charge in [0.2, 0.25) is 5.91 Å². The third kappa shape index (κ3) is 3.78. The van der Waals surface area contributed by atoms with Crippen molar-refractivity contribution in [2.24, 2.45) is 5.73 Å². The van der Waals surface area contributed by atoms with E-state index < -0.39 is 11.4 Å². The maximum absolute atomic E-state index is 12.9. The molecule has 3 N–H and O–H groups in total. The summed E-state index contributed by atoms with van der Waals surface area (Å²) >= 11 is 0. The van der Waals surface area contributed by atoms with Crippen LogP contribution in [-0.2, 0) is 11.2 Å². The highest BCUT2D eigenvalue weighted by Gasteiger charge is 2.31. The van der Waals surface area contributed by atoms with Gasteiger partial charge in [-0.1, -0.05) is 12.1 Å². The zero-order valence-electron chi connectivity index (χ0n) is 11.6. The number of hydrogen-bond acceptors (Lipinski definition) is 2. The second-order valence-electron chi connectivity index (χ2n) is 5.13. The molecule has 2 aromatic rings. The van der Waals surface area contributed by atoms with E-state index in [2.05, 4.69) is 5.32 Å². The van der Waals surface area contributed by atoms with Crippen LogP contribution in [0, 0.1) is 11.6 Å². The predicted octanol–water partition coefficient (Wildman–Crippen LogP) is 2.86. The number of rotatable bonds is 5. The predicted molar refractivity (Wildman–Crippen MR) is 77.7 cm³/mol. The monoisotopic (exact) mass is 290 g/mol. The number of halogens is 2. The van der Waals surface area contributed by atoms with E-state index in [1.54, 1.807) is 19.1 Å². The van der Waals surface area contributed by atoms with E-state index in [9.17, 15) is 13.6 Å². The van der Waals surface area contributed by atoms with Crippen molar-refractivity contribution in [2.75, 3.05) is 5.32 Å². The maximum Gasteiger partial charge on any atom is 0.243 e. The van der Waals surface area contributed by atoms with Crippen LogP contribution >= 0.6 is 0 Å². The van der Waals surface area contributed by atoms with Crippen LogP contribution in [0.4, 0.5) is 14.5 Å². The van der Waals surface area contributed by atoms with Gasteiger partial charge in [-0.2, -0.15) is 0 Å². The third-order valence-electron chi connectivity index (χ3n) is 3.28. The fourth-order valence-corrected chi connectivity index (χ4v) is 2.06. The van der Waals surface area contributed by atoms with Crippen molar-refractivity contribution in [3.05, 3.63) is 65.7 Å². The Bertz CT molecular complexity index is 576. The van der Waals surface area contributed by atoms with Gasteiger partial charge >= 0.3 is 0 Å². The average Bonchev–Trinajstić information content (AvgIpc) is 2.44. The van der Waals surface area contributed by atoms with Gasteiger partial charge in [0, 0.05) is 12.1 Å². The molecule has 0 radical (unpaired) electrons. The lowest BCUT2D eigenvalue weighted by Gasteiger charge is -2.29. The summed E-state index contributed by atoms with van der Waals surface area (Å²) in [5.74, 6) is -1.25. The Labute approximate surface area is 121 Å². The van der Waals surface area contributed by atoms with Gasteiger partial charge in [0.1, 0.15) is 17.2 Å².